The van der Waals surface area contributed by atoms with E-state index in [9.17, 15) is 5.11 Å². The first-order valence-electron chi connectivity index (χ1n) is 7.95. The van der Waals surface area contributed by atoms with Crippen LogP contribution in [-0.4, -0.2) is 39.9 Å². The molecule has 0 bridgehead atoms. The van der Waals surface area contributed by atoms with Gasteiger partial charge in [-0.3, -0.25) is 0 Å². The zero-order valence-corrected chi connectivity index (χ0v) is 15.2. The van der Waals surface area contributed by atoms with E-state index in [2.05, 4.69) is 15.3 Å². The van der Waals surface area contributed by atoms with Crippen molar-refractivity contribution >= 4 is 18.4 Å². The highest BCUT2D eigenvalue weighted by Crippen LogP contribution is 2.28. The van der Waals surface area contributed by atoms with Gasteiger partial charge in [0.25, 0.3) is 0 Å². The van der Waals surface area contributed by atoms with E-state index >= 15 is 0 Å². The quantitative estimate of drug-likeness (QED) is 0.511. The van der Waals surface area contributed by atoms with Crippen LogP contribution in [0.1, 0.15) is 12.5 Å². The van der Waals surface area contributed by atoms with Crippen molar-refractivity contribution in [1.82, 2.24) is 14.9 Å². The summed E-state index contributed by atoms with van der Waals surface area (Å²) in [5, 5.41) is 21.5. The van der Waals surface area contributed by atoms with Crippen LogP contribution < -0.4 is 9.47 Å². The topological polar surface area (TPSA) is 84.7 Å². The minimum Gasteiger partial charge on any atom is -0.504 e. The molecule has 1 heterocycles. The van der Waals surface area contributed by atoms with Crippen molar-refractivity contribution in [2.45, 2.75) is 6.92 Å². The number of para-hydroxylation sites is 1. The van der Waals surface area contributed by atoms with Crippen LogP contribution in [0.4, 0.5) is 0 Å². The summed E-state index contributed by atoms with van der Waals surface area (Å²) >= 11 is 5.26. The zero-order chi connectivity index (χ0) is 18.5. The third-order valence-corrected chi connectivity index (χ3v) is 3.90. The van der Waals surface area contributed by atoms with E-state index in [0.717, 1.165) is 11.3 Å². The number of aromatic nitrogens is 3. The van der Waals surface area contributed by atoms with Gasteiger partial charge in [0.05, 0.1) is 19.9 Å². The number of ether oxygens (including phenoxy) is 2. The highest BCUT2D eigenvalue weighted by Gasteiger charge is 2.09. The Morgan fingerprint density at radius 2 is 2.04 bits per heavy atom. The number of rotatable bonds is 6. The number of hydrogen-bond donors (Lipinski definition) is 2. The van der Waals surface area contributed by atoms with Crippen molar-refractivity contribution in [1.29, 1.82) is 0 Å². The smallest absolute Gasteiger partial charge is 0.216 e. The van der Waals surface area contributed by atoms with Gasteiger partial charge in [0, 0.05) is 11.1 Å². The Hall–Kier alpha value is -3.13. The first-order chi connectivity index (χ1) is 12.6. The molecule has 1 aromatic heterocycles. The molecule has 0 atom stereocenters. The van der Waals surface area contributed by atoms with Crippen molar-refractivity contribution in [2.24, 2.45) is 5.10 Å². The normalized spacial score (nSPS) is 11.0. The van der Waals surface area contributed by atoms with Crippen molar-refractivity contribution < 1.29 is 14.6 Å². The summed E-state index contributed by atoms with van der Waals surface area (Å²) in [6.45, 7) is 2.54. The van der Waals surface area contributed by atoms with E-state index in [0.29, 0.717) is 28.5 Å². The SMILES string of the molecule is CCOc1ccc(-c2n[nH]c(=S)n2N=Cc2cccc(OC)c2O)cc1. The van der Waals surface area contributed by atoms with Crippen LogP contribution >= 0.6 is 12.2 Å². The fourth-order valence-electron chi connectivity index (χ4n) is 2.38. The summed E-state index contributed by atoms with van der Waals surface area (Å²) in [6.07, 6.45) is 1.50. The van der Waals surface area contributed by atoms with Gasteiger partial charge in [0.1, 0.15) is 5.75 Å². The lowest BCUT2D eigenvalue weighted by molar-refractivity contribution is 0.340. The third-order valence-electron chi connectivity index (χ3n) is 3.64. The van der Waals surface area contributed by atoms with Crippen LogP contribution in [0.2, 0.25) is 0 Å². The molecule has 0 amide bonds. The molecule has 26 heavy (non-hydrogen) atoms. The number of aromatic amines is 1. The molecule has 0 spiro atoms. The minimum absolute atomic E-state index is 0.0105. The molecule has 0 aliphatic heterocycles. The molecular formula is C18H18N4O3S. The summed E-state index contributed by atoms with van der Waals surface area (Å²) < 4.78 is 12.4. The number of H-pyrrole nitrogens is 1. The van der Waals surface area contributed by atoms with E-state index in [4.69, 9.17) is 21.7 Å². The Kier molecular flexibility index (Phi) is 5.33. The summed E-state index contributed by atoms with van der Waals surface area (Å²) in [5.74, 6) is 1.71. The molecule has 0 aliphatic carbocycles. The van der Waals surface area contributed by atoms with E-state index in [1.165, 1.54) is 18.0 Å². The Bertz CT molecular complexity index is 977. The van der Waals surface area contributed by atoms with Gasteiger partial charge in [-0.2, -0.15) is 14.9 Å². The van der Waals surface area contributed by atoms with Crippen LogP contribution in [0.3, 0.4) is 0 Å². The number of hydrogen-bond acceptors (Lipinski definition) is 6. The molecule has 2 aromatic carbocycles. The van der Waals surface area contributed by atoms with Gasteiger partial charge >= 0.3 is 0 Å². The maximum Gasteiger partial charge on any atom is 0.216 e. The summed E-state index contributed by atoms with van der Waals surface area (Å²) in [7, 11) is 1.49. The molecule has 0 saturated carbocycles. The predicted molar refractivity (Wildman–Crippen MR) is 102 cm³/mol. The molecule has 3 aromatic rings. The van der Waals surface area contributed by atoms with E-state index < -0.39 is 0 Å². The van der Waals surface area contributed by atoms with Gasteiger partial charge < -0.3 is 14.6 Å². The molecule has 0 saturated heterocycles. The second-order valence-electron chi connectivity index (χ2n) is 5.26. The Morgan fingerprint density at radius 1 is 1.27 bits per heavy atom. The summed E-state index contributed by atoms with van der Waals surface area (Å²) in [4.78, 5) is 0. The number of phenolic OH excluding ortho intramolecular Hbond substituents is 1. The van der Waals surface area contributed by atoms with E-state index in [1.807, 2.05) is 31.2 Å². The zero-order valence-electron chi connectivity index (χ0n) is 14.3. The van der Waals surface area contributed by atoms with Crippen LogP contribution in [0.15, 0.2) is 47.6 Å². The van der Waals surface area contributed by atoms with Crippen molar-refractivity contribution in [2.75, 3.05) is 13.7 Å². The second-order valence-corrected chi connectivity index (χ2v) is 5.65. The molecule has 7 nitrogen and oxygen atoms in total. The van der Waals surface area contributed by atoms with Crippen LogP contribution in [0.25, 0.3) is 11.4 Å². The predicted octanol–water partition coefficient (Wildman–Crippen LogP) is 3.60. The van der Waals surface area contributed by atoms with Crippen molar-refractivity contribution in [3.63, 3.8) is 0 Å². The molecule has 0 aliphatic rings. The molecule has 0 fully saturated rings. The minimum atomic E-state index is 0.0105. The number of nitrogens with zero attached hydrogens (tertiary/aromatic N) is 3. The Morgan fingerprint density at radius 3 is 2.73 bits per heavy atom. The molecule has 134 valence electrons. The molecular weight excluding hydrogens is 352 g/mol. The largest absolute Gasteiger partial charge is 0.504 e. The molecule has 3 rings (SSSR count). The lowest BCUT2D eigenvalue weighted by atomic mass is 10.2. The van der Waals surface area contributed by atoms with Crippen molar-refractivity contribution in [3.8, 4) is 28.6 Å². The maximum absolute atomic E-state index is 10.2. The average molecular weight is 370 g/mol. The molecule has 0 unspecified atom stereocenters. The van der Waals surface area contributed by atoms with Crippen LogP contribution in [-0.2, 0) is 0 Å². The van der Waals surface area contributed by atoms with Crippen molar-refractivity contribution in [3.05, 3.63) is 52.8 Å². The molecule has 8 heteroatoms. The number of aromatic hydroxyl groups is 1. The Balaban J connectivity index is 1.95. The van der Waals surface area contributed by atoms with E-state index in [-0.39, 0.29) is 5.75 Å². The molecule has 2 N–H and O–H groups in total. The third kappa shape index (κ3) is 3.60. The highest BCUT2D eigenvalue weighted by atomic mass is 32.1. The number of phenols is 1. The van der Waals surface area contributed by atoms with Gasteiger partial charge in [-0.05, 0) is 55.5 Å². The van der Waals surface area contributed by atoms with Gasteiger partial charge in [0.15, 0.2) is 17.3 Å². The lowest BCUT2D eigenvalue weighted by Crippen LogP contribution is -1.96. The van der Waals surface area contributed by atoms with E-state index in [1.54, 1.807) is 18.2 Å². The number of benzene rings is 2. The van der Waals surface area contributed by atoms with Gasteiger partial charge in [-0.25, -0.2) is 5.10 Å². The standard InChI is InChI=1S/C18H18N4O3S/c1-3-25-14-9-7-12(8-10-14)17-20-21-18(26)22(17)19-11-13-5-4-6-15(24-2)16(13)23/h4-11,23H,3H2,1-2H3,(H,21,26). The average Bonchev–Trinajstić information content (AvgIpc) is 3.02. The van der Waals surface area contributed by atoms with Gasteiger partial charge in [-0.1, -0.05) is 6.07 Å². The lowest BCUT2D eigenvalue weighted by Gasteiger charge is -2.06. The fraction of sp³-hybridized carbons (Fsp3) is 0.167. The second kappa shape index (κ2) is 7.83. The summed E-state index contributed by atoms with van der Waals surface area (Å²) in [6, 6.07) is 12.6. The molecule has 0 radical (unpaired) electrons. The monoisotopic (exact) mass is 370 g/mol. The van der Waals surface area contributed by atoms with Gasteiger partial charge in [0.2, 0.25) is 4.77 Å². The first kappa shape index (κ1) is 17.7. The number of nitrogens with one attached hydrogen (secondary N) is 1. The van der Waals surface area contributed by atoms with Crippen LogP contribution in [0.5, 0.6) is 17.2 Å². The first-order valence-corrected chi connectivity index (χ1v) is 8.35. The van der Waals surface area contributed by atoms with Gasteiger partial charge in [-0.15, -0.1) is 0 Å². The fourth-order valence-corrected chi connectivity index (χ4v) is 2.56. The van der Waals surface area contributed by atoms with Crippen LogP contribution in [0, 0.1) is 4.77 Å². The number of methoxy groups -OCH3 is 1. The summed E-state index contributed by atoms with van der Waals surface area (Å²) in [5.41, 5.74) is 1.33. The maximum atomic E-state index is 10.2. The highest BCUT2D eigenvalue weighted by molar-refractivity contribution is 7.71. The Labute approximate surface area is 155 Å².